The van der Waals surface area contributed by atoms with Gasteiger partial charge >= 0.3 is 0 Å². The first-order valence-electron chi connectivity index (χ1n) is 2.67. The first-order valence-corrected chi connectivity index (χ1v) is 3.05. The van der Waals surface area contributed by atoms with Crippen LogP contribution in [0.1, 0.15) is 20.8 Å². The van der Waals surface area contributed by atoms with Crippen LogP contribution in [0.25, 0.3) is 0 Å². The van der Waals surface area contributed by atoms with Crippen molar-refractivity contribution in [3.8, 4) is 0 Å². The van der Waals surface area contributed by atoms with Crippen LogP contribution in [0.4, 0.5) is 0 Å². The van der Waals surface area contributed by atoms with Gasteiger partial charge in [-0.15, -0.1) is 0 Å². The predicted molar refractivity (Wildman–Crippen MR) is 39.0 cm³/mol. The molecule has 0 aromatic heterocycles. The highest BCUT2D eigenvalue weighted by atomic mass is 35.5. The fraction of sp³-hybridized carbons (Fsp3) is 0.429. The molecule has 0 saturated carbocycles. The van der Waals surface area contributed by atoms with E-state index in [4.69, 9.17) is 11.6 Å². The Morgan fingerprint density at radius 2 is 1.75 bits per heavy atom. The van der Waals surface area contributed by atoms with Crippen LogP contribution in [-0.4, -0.2) is 0 Å². The van der Waals surface area contributed by atoms with Crippen LogP contribution in [0.2, 0.25) is 0 Å². The number of hydrogen-bond acceptors (Lipinski definition) is 0. The summed E-state index contributed by atoms with van der Waals surface area (Å²) in [4.78, 5) is 0. The van der Waals surface area contributed by atoms with Crippen LogP contribution in [0.15, 0.2) is 22.8 Å². The molecule has 0 atom stereocenters. The van der Waals surface area contributed by atoms with Crippen molar-refractivity contribution in [2.24, 2.45) is 0 Å². The first kappa shape index (κ1) is 7.77. The van der Waals surface area contributed by atoms with E-state index in [1.54, 1.807) is 0 Å². The molecule has 0 nitrogen and oxygen atoms in total. The lowest BCUT2D eigenvalue weighted by Gasteiger charge is -1.92. The van der Waals surface area contributed by atoms with Crippen LogP contribution >= 0.6 is 11.6 Å². The lowest BCUT2D eigenvalue weighted by Crippen LogP contribution is -1.70. The smallest absolute Gasteiger partial charge is 0.0389 e. The van der Waals surface area contributed by atoms with Crippen LogP contribution < -0.4 is 0 Å². The second-order valence-electron chi connectivity index (χ2n) is 1.61. The molecule has 0 amide bonds. The maximum Gasteiger partial charge on any atom is 0.0389 e. The van der Waals surface area contributed by atoms with E-state index in [0.717, 1.165) is 10.6 Å². The molecule has 0 aromatic rings. The topological polar surface area (TPSA) is 0 Å². The highest BCUT2D eigenvalue weighted by Gasteiger charge is 1.87. The molecule has 0 aliphatic carbocycles. The Morgan fingerprint density at radius 1 is 1.25 bits per heavy atom. The Labute approximate surface area is 55.9 Å². The Hall–Kier alpha value is -0.230. The molecule has 0 aliphatic rings. The summed E-state index contributed by atoms with van der Waals surface area (Å²) < 4.78 is 0. The van der Waals surface area contributed by atoms with Crippen molar-refractivity contribution in [3.63, 3.8) is 0 Å². The maximum absolute atomic E-state index is 5.71. The van der Waals surface area contributed by atoms with Crippen LogP contribution in [0.5, 0.6) is 0 Å². The zero-order valence-corrected chi connectivity index (χ0v) is 6.29. The van der Waals surface area contributed by atoms with Gasteiger partial charge in [-0.2, -0.15) is 0 Å². The Morgan fingerprint density at radius 3 is 1.88 bits per heavy atom. The summed E-state index contributed by atoms with van der Waals surface area (Å²) in [5.74, 6) is 0. The molecule has 0 aromatic carbocycles. The first-order chi connectivity index (χ1) is 3.72. The number of halogens is 1. The van der Waals surface area contributed by atoms with Crippen molar-refractivity contribution in [2.75, 3.05) is 0 Å². The van der Waals surface area contributed by atoms with E-state index in [2.05, 4.69) is 0 Å². The van der Waals surface area contributed by atoms with Crippen LogP contribution in [-0.2, 0) is 0 Å². The number of hydrogen-bond donors (Lipinski definition) is 0. The lowest BCUT2D eigenvalue weighted by molar-refractivity contribution is 1.43. The summed E-state index contributed by atoms with van der Waals surface area (Å²) in [5, 5.41) is 0.840. The second-order valence-corrected chi connectivity index (χ2v) is 2.02. The van der Waals surface area contributed by atoms with Crippen LogP contribution in [0.3, 0.4) is 0 Å². The zero-order valence-electron chi connectivity index (χ0n) is 5.53. The van der Waals surface area contributed by atoms with Gasteiger partial charge in [0.05, 0.1) is 0 Å². The minimum atomic E-state index is 0.840. The minimum Gasteiger partial charge on any atom is -0.0844 e. The third-order valence-electron chi connectivity index (χ3n) is 1.06. The van der Waals surface area contributed by atoms with E-state index in [1.807, 2.05) is 32.9 Å². The Balaban J connectivity index is 4.04. The van der Waals surface area contributed by atoms with Crippen molar-refractivity contribution >= 4 is 11.6 Å². The van der Waals surface area contributed by atoms with E-state index in [0.29, 0.717) is 0 Å². The molecule has 0 heterocycles. The van der Waals surface area contributed by atoms with Gasteiger partial charge in [-0.25, -0.2) is 0 Å². The average molecular weight is 131 g/mol. The van der Waals surface area contributed by atoms with Gasteiger partial charge in [0.25, 0.3) is 0 Å². The van der Waals surface area contributed by atoms with E-state index in [9.17, 15) is 0 Å². The van der Waals surface area contributed by atoms with Crippen molar-refractivity contribution in [1.29, 1.82) is 0 Å². The molecule has 8 heavy (non-hydrogen) atoms. The summed E-state index contributed by atoms with van der Waals surface area (Å²) in [6.07, 6.45) is 3.87. The Bertz CT molecular complexity index is 104. The number of rotatable bonds is 1. The summed E-state index contributed by atoms with van der Waals surface area (Å²) in [5.41, 5.74) is 1.13. The van der Waals surface area contributed by atoms with Crippen LogP contribution in [0, 0.1) is 0 Å². The summed E-state index contributed by atoms with van der Waals surface area (Å²) >= 11 is 5.71. The Kier molecular flexibility index (Phi) is 3.63. The third-order valence-corrected chi connectivity index (χ3v) is 1.58. The molecule has 46 valence electrons. The second kappa shape index (κ2) is 3.73. The fourth-order valence-corrected chi connectivity index (χ4v) is 0.475. The molecule has 0 unspecified atom stereocenters. The van der Waals surface area contributed by atoms with Crippen molar-refractivity contribution < 1.29 is 0 Å². The van der Waals surface area contributed by atoms with Gasteiger partial charge in [-0.1, -0.05) is 23.8 Å². The highest BCUT2D eigenvalue weighted by molar-refractivity contribution is 6.31. The molecule has 1 heteroatoms. The van der Waals surface area contributed by atoms with Crippen molar-refractivity contribution in [3.05, 3.63) is 22.8 Å². The largest absolute Gasteiger partial charge is 0.0844 e. The van der Waals surface area contributed by atoms with Gasteiger partial charge in [0.15, 0.2) is 0 Å². The normalized spacial score (nSPS) is 14.5. The van der Waals surface area contributed by atoms with Crippen molar-refractivity contribution in [1.82, 2.24) is 0 Å². The van der Waals surface area contributed by atoms with Gasteiger partial charge in [-0.05, 0) is 26.3 Å². The van der Waals surface area contributed by atoms with Gasteiger partial charge in [0.2, 0.25) is 0 Å². The molecule has 0 aliphatic heterocycles. The summed E-state index contributed by atoms with van der Waals surface area (Å²) in [7, 11) is 0. The van der Waals surface area contributed by atoms with E-state index < -0.39 is 0 Å². The van der Waals surface area contributed by atoms with E-state index in [-0.39, 0.29) is 0 Å². The summed E-state index contributed by atoms with van der Waals surface area (Å²) in [6, 6.07) is 0. The molecule has 0 fully saturated rings. The molecule has 0 radical (unpaired) electrons. The monoisotopic (exact) mass is 130 g/mol. The molecule has 0 spiro atoms. The SMILES string of the molecule is C/C=C(C)/C(Cl)=C\C. The van der Waals surface area contributed by atoms with E-state index >= 15 is 0 Å². The van der Waals surface area contributed by atoms with Gasteiger partial charge < -0.3 is 0 Å². The third kappa shape index (κ3) is 2.17. The molecule has 0 bridgehead atoms. The zero-order chi connectivity index (χ0) is 6.57. The highest BCUT2D eigenvalue weighted by Crippen LogP contribution is 2.11. The van der Waals surface area contributed by atoms with Gasteiger partial charge in [0, 0.05) is 5.03 Å². The predicted octanol–water partition coefficient (Wildman–Crippen LogP) is 3.10. The summed E-state index contributed by atoms with van der Waals surface area (Å²) in [6.45, 7) is 5.89. The molecule has 0 rings (SSSR count). The minimum absolute atomic E-state index is 0.840. The quantitative estimate of drug-likeness (QED) is 0.479. The molecular formula is C7H11Cl. The molecular weight excluding hydrogens is 120 g/mol. The molecule has 0 N–H and O–H groups in total. The lowest BCUT2D eigenvalue weighted by atomic mass is 10.3. The number of allylic oxidation sites excluding steroid dienone is 4. The average Bonchev–Trinajstić information content (AvgIpc) is 1.84. The van der Waals surface area contributed by atoms with Gasteiger partial charge in [0.1, 0.15) is 0 Å². The molecule has 0 saturated heterocycles. The van der Waals surface area contributed by atoms with Crippen molar-refractivity contribution in [2.45, 2.75) is 20.8 Å². The fourth-order valence-electron chi connectivity index (χ4n) is 0.366. The van der Waals surface area contributed by atoms with Gasteiger partial charge in [-0.3, -0.25) is 0 Å². The van der Waals surface area contributed by atoms with E-state index in [1.165, 1.54) is 0 Å². The standard InChI is InChI=1S/C7H11Cl/c1-4-6(3)7(8)5-2/h4-5H,1-3H3/b6-4+,7-5+. The maximum atomic E-state index is 5.71.